The zero-order valence-electron chi connectivity index (χ0n) is 24.6. The van der Waals surface area contributed by atoms with Gasteiger partial charge in [0.25, 0.3) is 11.5 Å². The van der Waals surface area contributed by atoms with Gasteiger partial charge in [-0.2, -0.15) is 0 Å². The van der Waals surface area contributed by atoms with E-state index in [1.165, 1.54) is 18.4 Å². The number of aromatic nitrogens is 1. The van der Waals surface area contributed by atoms with Crippen LogP contribution in [0.15, 0.2) is 82.0 Å². The molecule has 6 rings (SSSR count). The summed E-state index contributed by atoms with van der Waals surface area (Å²) >= 11 is 7.44. The first-order valence-electron chi connectivity index (χ1n) is 15.2. The molecule has 2 bridgehead atoms. The number of allylic oxidation sites excluding steroid dienone is 1. The van der Waals surface area contributed by atoms with Crippen molar-refractivity contribution in [3.63, 3.8) is 0 Å². The lowest BCUT2D eigenvalue weighted by atomic mass is 9.83. The average Bonchev–Trinajstić information content (AvgIpc) is 3.02. The highest BCUT2D eigenvalue weighted by atomic mass is 32.2. The van der Waals surface area contributed by atoms with Crippen molar-refractivity contribution in [3.8, 4) is 0 Å². The number of amides is 1. The molecular weight excluding hydrogens is 575 g/mol. The Bertz CT molecular complexity index is 1600. The van der Waals surface area contributed by atoms with Gasteiger partial charge in [-0.05, 0) is 105 Å². The Kier molecular flexibility index (Phi) is 9.19. The lowest BCUT2D eigenvalue weighted by Gasteiger charge is -2.44. The summed E-state index contributed by atoms with van der Waals surface area (Å²) in [4.78, 5) is 29.3. The summed E-state index contributed by atoms with van der Waals surface area (Å²) in [6.45, 7) is 3.00. The molecule has 2 aliphatic heterocycles. The van der Waals surface area contributed by atoms with Crippen LogP contribution in [0.4, 0.5) is 17.1 Å². The highest BCUT2D eigenvalue weighted by molar-refractivity contribution is 7.98. The van der Waals surface area contributed by atoms with E-state index in [1.807, 2.05) is 47.2 Å². The summed E-state index contributed by atoms with van der Waals surface area (Å²) in [5.74, 6) is 0.558. The summed E-state index contributed by atoms with van der Waals surface area (Å²) in [5.41, 5.74) is 5.96. The van der Waals surface area contributed by atoms with Gasteiger partial charge in [-0.25, -0.2) is 0 Å². The molecular formula is C34H39N5O2S2. The third-order valence-electron chi connectivity index (χ3n) is 8.77. The van der Waals surface area contributed by atoms with Crippen molar-refractivity contribution in [1.29, 1.82) is 0 Å². The second-order valence-electron chi connectivity index (χ2n) is 11.8. The van der Waals surface area contributed by atoms with Gasteiger partial charge in [-0.1, -0.05) is 23.8 Å². The van der Waals surface area contributed by atoms with Crippen LogP contribution >= 0.6 is 24.0 Å². The minimum Gasteiger partial charge on any atom is -0.369 e. The number of pyridine rings is 1. The second-order valence-corrected chi connectivity index (χ2v) is 13.0. The van der Waals surface area contributed by atoms with E-state index in [9.17, 15) is 9.59 Å². The fourth-order valence-corrected chi connectivity index (χ4v) is 7.39. The van der Waals surface area contributed by atoms with Crippen molar-refractivity contribution in [3.05, 3.63) is 93.9 Å². The van der Waals surface area contributed by atoms with E-state index < -0.39 is 0 Å². The van der Waals surface area contributed by atoms with Crippen LogP contribution in [0.5, 0.6) is 0 Å². The third kappa shape index (κ3) is 6.99. The normalized spacial score (nSPS) is 19.2. The fourth-order valence-electron chi connectivity index (χ4n) is 6.70. The number of nitrogens with one attached hydrogen (secondary N) is 3. The topological polar surface area (TPSA) is 78.4 Å². The van der Waals surface area contributed by atoms with E-state index in [2.05, 4.69) is 45.1 Å². The highest BCUT2D eigenvalue weighted by Crippen LogP contribution is 2.39. The van der Waals surface area contributed by atoms with Gasteiger partial charge >= 0.3 is 0 Å². The third-order valence-corrected chi connectivity index (χ3v) is 9.70. The standard InChI is InChI=1S/C34H39N5O2S2/c1-43-28-10-5-9-27(19-28)36-34(42)37-29-18-25(33(41)35-16-15-23-7-3-2-4-8-23)13-14-31(29)38-20-24-17-26(22-38)30-11-6-12-32(40)39(30)21-24/h5-7,9-14,18-19,24,26H,2-4,8,15-17,20-22H2,1H3,(H,35,41)(H2,36,37,42). The van der Waals surface area contributed by atoms with Crippen LogP contribution in [0.3, 0.4) is 0 Å². The maximum absolute atomic E-state index is 13.2. The van der Waals surface area contributed by atoms with Gasteiger partial charge in [0.15, 0.2) is 5.11 Å². The van der Waals surface area contributed by atoms with Crippen LogP contribution in [-0.2, 0) is 6.54 Å². The molecule has 3 aliphatic rings. The number of hydrogen-bond donors (Lipinski definition) is 3. The number of thioether (sulfide) groups is 1. The zero-order chi connectivity index (χ0) is 29.8. The predicted molar refractivity (Wildman–Crippen MR) is 182 cm³/mol. The van der Waals surface area contributed by atoms with E-state index in [0.717, 1.165) is 73.0 Å². The number of thiocarbonyl (C=S) groups is 1. The van der Waals surface area contributed by atoms with Gasteiger partial charge in [0.05, 0.1) is 11.4 Å². The summed E-state index contributed by atoms with van der Waals surface area (Å²) < 4.78 is 1.95. The molecule has 3 heterocycles. The molecule has 1 fully saturated rings. The van der Waals surface area contributed by atoms with Gasteiger partial charge in [0.2, 0.25) is 0 Å². The number of carbonyl (C=O) groups is 1. The minimum absolute atomic E-state index is 0.0821. The molecule has 1 amide bonds. The molecule has 9 heteroatoms. The van der Waals surface area contributed by atoms with Crippen molar-refractivity contribution >= 4 is 52.1 Å². The van der Waals surface area contributed by atoms with E-state index in [0.29, 0.717) is 23.1 Å². The van der Waals surface area contributed by atoms with Gasteiger partial charge in [0, 0.05) is 60.0 Å². The molecule has 3 N–H and O–H groups in total. The van der Waals surface area contributed by atoms with Crippen molar-refractivity contribution in [1.82, 2.24) is 9.88 Å². The molecule has 2 atom stereocenters. The molecule has 7 nitrogen and oxygen atoms in total. The van der Waals surface area contributed by atoms with Crippen LogP contribution in [0.25, 0.3) is 0 Å². The maximum atomic E-state index is 13.2. The first-order chi connectivity index (χ1) is 21.0. The van der Waals surface area contributed by atoms with E-state index in [-0.39, 0.29) is 17.4 Å². The summed E-state index contributed by atoms with van der Waals surface area (Å²) in [6.07, 6.45) is 11.2. The molecule has 2 unspecified atom stereocenters. The number of rotatable bonds is 8. The Morgan fingerprint density at radius 2 is 1.91 bits per heavy atom. The van der Waals surface area contributed by atoms with Crippen molar-refractivity contribution < 1.29 is 4.79 Å². The van der Waals surface area contributed by atoms with Gasteiger partial charge in [-0.15, -0.1) is 11.8 Å². The van der Waals surface area contributed by atoms with E-state index in [1.54, 1.807) is 17.8 Å². The van der Waals surface area contributed by atoms with Crippen molar-refractivity contribution in [2.45, 2.75) is 55.9 Å². The average molecular weight is 614 g/mol. The number of piperidine rings is 1. The molecule has 1 saturated heterocycles. The number of carbonyl (C=O) groups excluding carboxylic acids is 1. The molecule has 0 radical (unpaired) electrons. The Morgan fingerprint density at radius 3 is 2.74 bits per heavy atom. The smallest absolute Gasteiger partial charge is 0.251 e. The van der Waals surface area contributed by atoms with Gasteiger partial charge in [0.1, 0.15) is 0 Å². The van der Waals surface area contributed by atoms with Crippen LogP contribution in [-0.4, -0.2) is 41.5 Å². The van der Waals surface area contributed by atoms with Gasteiger partial charge in [-0.3, -0.25) is 9.59 Å². The SMILES string of the molecule is CSc1cccc(NC(=S)Nc2cc(C(=O)NCCC3=CCCCC3)ccc2N2CC3CC(C2)c2cccc(=O)n2C3)c1. The second kappa shape index (κ2) is 13.4. The fraction of sp³-hybridized carbons (Fsp3) is 0.382. The monoisotopic (exact) mass is 613 g/mol. The van der Waals surface area contributed by atoms with Crippen LogP contribution < -0.4 is 26.4 Å². The molecule has 3 aromatic rings. The molecule has 1 aliphatic carbocycles. The lowest BCUT2D eigenvalue weighted by Crippen LogP contribution is -2.47. The Labute approximate surface area is 263 Å². The Balaban J connectivity index is 1.23. The first kappa shape index (κ1) is 29.5. The number of fused-ring (bicyclic) bond motifs is 4. The van der Waals surface area contributed by atoms with Crippen LogP contribution in [0, 0.1) is 5.92 Å². The molecule has 2 aromatic carbocycles. The van der Waals surface area contributed by atoms with Crippen LogP contribution in [0.1, 0.15) is 60.5 Å². The number of benzene rings is 2. The molecule has 1 aromatic heterocycles. The van der Waals surface area contributed by atoms with E-state index >= 15 is 0 Å². The first-order valence-corrected chi connectivity index (χ1v) is 16.9. The highest BCUT2D eigenvalue weighted by Gasteiger charge is 2.35. The zero-order valence-corrected chi connectivity index (χ0v) is 26.2. The Hall–Kier alpha value is -3.56. The predicted octanol–water partition coefficient (Wildman–Crippen LogP) is 6.62. The Morgan fingerprint density at radius 1 is 1.02 bits per heavy atom. The summed E-state index contributed by atoms with van der Waals surface area (Å²) in [6, 6.07) is 19.6. The summed E-state index contributed by atoms with van der Waals surface area (Å²) in [7, 11) is 0. The molecule has 224 valence electrons. The number of hydrogen-bond acceptors (Lipinski definition) is 5. The lowest BCUT2D eigenvalue weighted by molar-refractivity contribution is 0.0954. The largest absolute Gasteiger partial charge is 0.369 e. The van der Waals surface area contributed by atoms with Crippen molar-refractivity contribution in [2.75, 3.05) is 41.4 Å². The molecule has 43 heavy (non-hydrogen) atoms. The summed E-state index contributed by atoms with van der Waals surface area (Å²) in [5, 5.41) is 10.3. The van der Waals surface area contributed by atoms with Gasteiger partial charge < -0.3 is 25.4 Å². The number of nitrogens with zero attached hydrogens (tertiary/aromatic N) is 2. The van der Waals surface area contributed by atoms with Crippen molar-refractivity contribution in [2.24, 2.45) is 5.92 Å². The van der Waals surface area contributed by atoms with Crippen LogP contribution in [0.2, 0.25) is 0 Å². The maximum Gasteiger partial charge on any atom is 0.251 e. The minimum atomic E-state index is -0.0821. The quantitative estimate of drug-likeness (QED) is 0.150. The van der Waals surface area contributed by atoms with E-state index in [4.69, 9.17) is 12.2 Å². The number of anilines is 3. The molecule has 0 spiro atoms. The molecule has 0 saturated carbocycles.